The highest BCUT2D eigenvalue weighted by Crippen LogP contribution is 2.15. The number of rotatable bonds is 9. The summed E-state index contributed by atoms with van der Waals surface area (Å²) in [5.74, 6) is 1.91. The van der Waals surface area contributed by atoms with Gasteiger partial charge in [-0.2, -0.15) is 5.10 Å². The van der Waals surface area contributed by atoms with Gasteiger partial charge in [-0.1, -0.05) is 30.3 Å². The molecule has 0 aliphatic carbocycles. The molecule has 0 spiro atoms. The van der Waals surface area contributed by atoms with Crippen LogP contribution in [0.4, 0.5) is 0 Å². The van der Waals surface area contributed by atoms with Gasteiger partial charge >= 0.3 is 0 Å². The van der Waals surface area contributed by atoms with Gasteiger partial charge in [0.1, 0.15) is 5.82 Å². The molecule has 2 aromatic heterocycles. The summed E-state index contributed by atoms with van der Waals surface area (Å²) in [7, 11) is 0. The summed E-state index contributed by atoms with van der Waals surface area (Å²) in [6.07, 6.45) is 5.86. The van der Waals surface area contributed by atoms with Crippen molar-refractivity contribution in [3.05, 3.63) is 78.4 Å². The summed E-state index contributed by atoms with van der Waals surface area (Å²) in [6.45, 7) is 7.46. The van der Waals surface area contributed by atoms with E-state index in [-0.39, 0.29) is 0 Å². The van der Waals surface area contributed by atoms with Crippen LogP contribution >= 0.6 is 0 Å². The zero-order chi connectivity index (χ0) is 22.2. The Kier molecular flexibility index (Phi) is 7.17. The number of aromatic nitrogens is 4. The molecule has 7 nitrogen and oxygen atoms in total. The summed E-state index contributed by atoms with van der Waals surface area (Å²) >= 11 is 0. The van der Waals surface area contributed by atoms with E-state index in [0.29, 0.717) is 0 Å². The summed E-state index contributed by atoms with van der Waals surface area (Å²) in [4.78, 5) is 9.39. The predicted molar refractivity (Wildman–Crippen MR) is 130 cm³/mol. The first-order valence-electron chi connectivity index (χ1n) is 11.3. The first kappa shape index (κ1) is 21.6. The molecule has 0 aliphatic rings. The Morgan fingerprint density at radius 3 is 2.69 bits per heavy atom. The molecule has 7 heteroatoms. The highest BCUT2D eigenvalue weighted by molar-refractivity contribution is 5.79. The lowest BCUT2D eigenvalue weighted by Crippen LogP contribution is -2.38. The second-order valence-electron chi connectivity index (χ2n) is 7.72. The molecule has 2 N–H and O–H groups in total. The van der Waals surface area contributed by atoms with Crippen LogP contribution < -0.4 is 10.6 Å². The Bertz CT molecular complexity index is 1160. The van der Waals surface area contributed by atoms with E-state index in [1.807, 2.05) is 35.1 Å². The quantitative estimate of drug-likeness (QED) is 0.242. The van der Waals surface area contributed by atoms with Crippen LogP contribution in [-0.2, 0) is 13.0 Å². The zero-order valence-electron chi connectivity index (χ0n) is 18.8. The third-order valence-electron chi connectivity index (χ3n) is 5.36. The maximum Gasteiger partial charge on any atom is 0.191 e. The number of benzene rings is 2. The van der Waals surface area contributed by atoms with Crippen molar-refractivity contribution in [2.45, 2.75) is 33.2 Å². The van der Waals surface area contributed by atoms with Crippen LogP contribution in [0.3, 0.4) is 0 Å². The molecule has 0 amide bonds. The molecule has 0 aliphatic heterocycles. The molecule has 0 radical (unpaired) electrons. The van der Waals surface area contributed by atoms with Gasteiger partial charge in [-0.15, -0.1) is 0 Å². The number of imidazole rings is 1. The Balaban J connectivity index is 1.27. The molecule has 0 saturated heterocycles. The summed E-state index contributed by atoms with van der Waals surface area (Å²) in [5.41, 5.74) is 4.51. The Morgan fingerprint density at radius 1 is 1.03 bits per heavy atom. The molecule has 166 valence electrons. The minimum atomic E-state index is 0.757. The second kappa shape index (κ2) is 10.6. The fraction of sp³-hybridized carbons (Fsp3) is 0.320. The van der Waals surface area contributed by atoms with Crippen molar-refractivity contribution in [3.63, 3.8) is 0 Å². The van der Waals surface area contributed by atoms with Crippen molar-refractivity contribution in [2.24, 2.45) is 4.99 Å². The van der Waals surface area contributed by atoms with Gasteiger partial charge in [0.2, 0.25) is 0 Å². The fourth-order valence-corrected chi connectivity index (χ4v) is 3.78. The van der Waals surface area contributed by atoms with Crippen molar-refractivity contribution in [3.8, 4) is 5.69 Å². The molecule has 4 aromatic rings. The number of aryl methyl sites for hydroxylation is 2. The Hall–Kier alpha value is -3.61. The van der Waals surface area contributed by atoms with Gasteiger partial charge in [0.05, 0.1) is 22.9 Å². The normalized spacial score (nSPS) is 11.8. The van der Waals surface area contributed by atoms with E-state index in [4.69, 9.17) is 4.99 Å². The molecule has 0 bridgehead atoms. The molecule has 0 saturated carbocycles. The van der Waals surface area contributed by atoms with E-state index in [2.05, 4.69) is 75.7 Å². The van der Waals surface area contributed by atoms with E-state index in [1.165, 1.54) is 11.1 Å². The third-order valence-corrected chi connectivity index (χ3v) is 5.36. The lowest BCUT2D eigenvalue weighted by Gasteiger charge is -2.11. The van der Waals surface area contributed by atoms with Crippen LogP contribution in [0.2, 0.25) is 0 Å². The van der Waals surface area contributed by atoms with E-state index >= 15 is 0 Å². The van der Waals surface area contributed by atoms with Crippen molar-refractivity contribution >= 4 is 17.0 Å². The molecule has 0 unspecified atom stereocenters. The summed E-state index contributed by atoms with van der Waals surface area (Å²) in [5, 5.41) is 11.2. The van der Waals surface area contributed by atoms with Gasteiger partial charge in [0.15, 0.2) is 5.96 Å². The molecule has 4 rings (SSSR count). The van der Waals surface area contributed by atoms with Crippen LogP contribution in [0.1, 0.15) is 24.7 Å². The molecular weight excluding hydrogens is 398 g/mol. The fourth-order valence-electron chi connectivity index (χ4n) is 3.78. The lowest BCUT2D eigenvalue weighted by atomic mass is 10.2. The summed E-state index contributed by atoms with van der Waals surface area (Å²) in [6, 6.07) is 18.5. The second-order valence-corrected chi connectivity index (χ2v) is 7.72. The number of hydrogen-bond donors (Lipinski definition) is 2. The SMILES string of the molecule is CCNC(=NCCCn1c(C)nc2ccccc21)NCCc1cnn(-c2ccccc2)c1. The van der Waals surface area contributed by atoms with Gasteiger partial charge in [-0.25, -0.2) is 9.67 Å². The van der Waals surface area contributed by atoms with E-state index < -0.39 is 0 Å². The smallest absolute Gasteiger partial charge is 0.191 e. The Labute approximate surface area is 189 Å². The van der Waals surface area contributed by atoms with Crippen LogP contribution in [0, 0.1) is 6.92 Å². The van der Waals surface area contributed by atoms with Gasteiger partial charge < -0.3 is 15.2 Å². The molecule has 2 aromatic carbocycles. The molecule has 0 atom stereocenters. The van der Waals surface area contributed by atoms with E-state index in [9.17, 15) is 0 Å². The van der Waals surface area contributed by atoms with Crippen molar-refractivity contribution in [1.82, 2.24) is 30.0 Å². The number of fused-ring (bicyclic) bond motifs is 1. The number of nitrogens with zero attached hydrogens (tertiary/aromatic N) is 5. The standard InChI is InChI=1S/C25H31N7/c1-3-26-25(27-15-9-17-31-20(2)30-23-12-7-8-13-24(23)31)28-16-14-21-18-29-32(19-21)22-10-5-4-6-11-22/h4-8,10-13,18-19H,3,9,14-17H2,1-2H3,(H2,26,27,28). The minimum absolute atomic E-state index is 0.757. The van der Waals surface area contributed by atoms with Crippen LogP contribution in [-0.4, -0.2) is 44.9 Å². The Morgan fingerprint density at radius 2 is 1.84 bits per heavy atom. The van der Waals surface area contributed by atoms with Crippen LogP contribution in [0.15, 0.2) is 72.0 Å². The van der Waals surface area contributed by atoms with E-state index in [1.54, 1.807) is 0 Å². The monoisotopic (exact) mass is 429 g/mol. The van der Waals surface area contributed by atoms with Crippen molar-refractivity contribution < 1.29 is 0 Å². The number of nitrogens with one attached hydrogen (secondary N) is 2. The average Bonchev–Trinajstić information content (AvgIpc) is 3.41. The van der Waals surface area contributed by atoms with Gasteiger partial charge in [-0.05, 0) is 56.5 Å². The van der Waals surface area contributed by atoms with Gasteiger partial charge in [-0.3, -0.25) is 4.99 Å². The maximum absolute atomic E-state index is 4.75. The first-order chi connectivity index (χ1) is 15.7. The molecule has 32 heavy (non-hydrogen) atoms. The first-order valence-corrected chi connectivity index (χ1v) is 11.3. The highest BCUT2D eigenvalue weighted by Gasteiger charge is 2.06. The lowest BCUT2D eigenvalue weighted by molar-refractivity contribution is 0.646. The minimum Gasteiger partial charge on any atom is -0.357 e. The number of guanidine groups is 1. The molecular formula is C25H31N7. The largest absolute Gasteiger partial charge is 0.357 e. The van der Waals surface area contributed by atoms with Crippen LogP contribution in [0.5, 0.6) is 0 Å². The number of aliphatic imine (C=N–C) groups is 1. The van der Waals surface area contributed by atoms with E-state index in [0.717, 1.165) is 62.0 Å². The maximum atomic E-state index is 4.75. The summed E-state index contributed by atoms with van der Waals surface area (Å²) < 4.78 is 4.19. The zero-order valence-corrected chi connectivity index (χ0v) is 18.8. The highest BCUT2D eigenvalue weighted by atomic mass is 15.3. The topological polar surface area (TPSA) is 72.1 Å². The van der Waals surface area contributed by atoms with Gasteiger partial charge in [0.25, 0.3) is 0 Å². The molecule has 2 heterocycles. The predicted octanol–water partition coefficient (Wildman–Crippen LogP) is 3.72. The van der Waals surface area contributed by atoms with Crippen molar-refractivity contribution in [2.75, 3.05) is 19.6 Å². The van der Waals surface area contributed by atoms with Gasteiger partial charge in [0, 0.05) is 32.4 Å². The number of para-hydroxylation sites is 3. The average molecular weight is 430 g/mol. The van der Waals surface area contributed by atoms with Crippen LogP contribution in [0.25, 0.3) is 16.7 Å². The number of hydrogen-bond acceptors (Lipinski definition) is 3. The third kappa shape index (κ3) is 5.35. The molecule has 0 fully saturated rings. The van der Waals surface area contributed by atoms with Crippen molar-refractivity contribution in [1.29, 1.82) is 0 Å².